The van der Waals surface area contributed by atoms with E-state index in [1.165, 1.54) is 7.11 Å². The minimum absolute atomic E-state index is 0.242. The summed E-state index contributed by atoms with van der Waals surface area (Å²) in [4.78, 5) is 28.6. The van der Waals surface area contributed by atoms with Crippen LogP contribution in [-0.4, -0.2) is 34.7 Å². The summed E-state index contributed by atoms with van der Waals surface area (Å²) in [5.74, 6) is 0.806. The molecule has 0 unspecified atom stereocenters. The van der Waals surface area contributed by atoms with Gasteiger partial charge in [-0.25, -0.2) is 9.78 Å². The molecule has 0 aliphatic rings. The van der Waals surface area contributed by atoms with Gasteiger partial charge >= 0.3 is 6.09 Å². The average molecular weight is 346 g/mol. The smallest absolute Gasteiger partial charge is 0.407 e. The molecular formula is C18H26N4O3. The Bertz CT molecular complexity index is 739. The van der Waals surface area contributed by atoms with Gasteiger partial charge in [0.2, 0.25) is 5.91 Å². The highest BCUT2D eigenvalue weighted by molar-refractivity contribution is 5.85. The molecule has 2 N–H and O–H groups in total. The first kappa shape index (κ1) is 18.8. The molecule has 0 aliphatic carbocycles. The number of nitrogens with zero attached hydrogens (tertiary/aromatic N) is 2. The average Bonchev–Trinajstić information content (AvgIpc) is 2.95. The Morgan fingerprint density at radius 3 is 2.64 bits per heavy atom. The van der Waals surface area contributed by atoms with Crippen LogP contribution in [0.15, 0.2) is 24.3 Å². The van der Waals surface area contributed by atoms with Crippen molar-refractivity contribution in [2.45, 2.75) is 46.3 Å². The number of nitrogens with one attached hydrogen (secondary N) is 2. The lowest BCUT2D eigenvalue weighted by molar-refractivity contribution is -0.123. The van der Waals surface area contributed by atoms with Gasteiger partial charge in [0.05, 0.1) is 24.7 Å². The van der Waals surface area contributed by atoms with E-state index in [0.717, 1.165) is 23.4 Å². The van der Waals surface area contributed by atoms with Crippen LogP contribution in [0.5, 0.6) is 0 Å². The normalized spacial score (nSPS) is 12.2. The molecule has 2 amide bonds. The number of hydrogen-bond acceptors (Lipinski definition) is 4. The van der Waals surface area contributed by atoms with Gasteiger partial charge in [-0.3, -0.25) is 4.79 Å². The summed E-state index contributed by atoms with van der Waals surface area (Å²) in [6.45, 7) is 7.10. The first-order valence-corrected chi connectivity index (χ1v) is 8.52. The van der Waals surface area contributed by atoms with Gasteiger partial charge in [-0.2, -0.15) is 0 Å². The molecule has 0 saturated carbocycles. The summed E-state index contributed by atoms with van der Waals surface area (Å²) in [5.41, 5.74) is 1.95. The van der Waals surface area contributed by atoms with Crippen LogP contribution in [0.25, 0.3) is 11.0 Å². The number of aromatic nitrogens is 2. The van der Waals surface area contributed by atoms with Crippen molar-refractivity contribution in [3.63, 3.8) is 0 Å². The van der Waals surface area contributed by atoms with Gasteiger partial charge < -0.3 is 19.9 Å². The summed E-state index contributed by atoms with van der Waals surface area (Å²) in [6, 6.07) is 7.24. The van der Waals surface area contributed by atoms with Crippen LogP contribution in [-0.2, 0) is 22.6 Å². The van der Waals surface area contributed by atoms with Gasteiger partial charge in [0.15, 0.2) is 0 Å². The molecule has 7 nitrogen and oxygen atoms in total. The summed E-state index contributed by atoms with van der Waals surface area (Å²) < 4.78 is 6.68. The predicted octanol–water partition coefficient (Wildman–Crippen LogP) is 2.44. The highest BCUT2D eigenvalue weighted by Gasteiger charge is 2.22. The molecule has 25 heavy (non-hydrogen) atoms. The van der Waals surface area contributed by atoms with Crippen molar-refractivity contribution < 1.29 is 14.3 Å². The molecule has 0 saturated heterocycles. The van der Waals surface area contributed by atoms with Crippen LogP contribution in [0.2, 0.25) is 0 Å². The lowest BCUT2D eigenvalue weighted by atomic mass is 10.0. The van der Waals surface area contributed by atoms with Crippen LogP contribution in [0.1, 0.15) is 33.0 Å². The number of para-hydroxylation sites is 2. The molecule has 1 aromatic heterocycles. The minimum atomic E-state index is -0.632. The van der Waals surface area contributed by atoms with Gasteiger partial charge in [-0.05, 0) is 31.4 Å². The fourth-order valence-electron chi connectivity index (χ4n) is 2.81. The summed E-state index contributed by atoms with van der Waals surface area (Å²) in [6.07, 6.45) is -0.0768. The third-order valence-corrected chi connectivity index (χ3v) is 3.97. The third kappa shape index (κ3) is 4.71. The van der Waals surface area contributed by atoms with Crippen molar-refractivity contribution in [2.75, 3.05) is 7.11 Å². The number of amides is 2. The summed E-state index contributed by atoms with van der Waals surface area (Å²) in [5, 5.41) is 5.47. The standard InChI is InChI=1S/C18H26N4O3/c1-5-22-15-9-7-6-8-13(15)20-16(22)11-19-17(23)14(10-12(2)3)21-18(24)25-4/h6-9,12,14H,5,10-11H2,1-4H3,(H,19,23)(H,21,24)/t14-/m0/s1. The van der Waals surface area contributed by atoms with Gasteiger partial charge in [0.1, 0.15) is 11.9 Å². The van der Waals surface area contributed by atoms with Crippen LogP contribution in [0.4, 0.5) is 4.79 Å². The highest BCUT2D eigenvalue weighted by atomic mass is 16.5. The second kappa shape index (κ2) is 8.50. The monoisotopic (exact) mass is 346 g/mol. The lowest BCUT2D eigenvalue weighted by Gasteiger charge is -2.19. The quantitative estimate of drug-likeness (QED) is 0.806. The van der Waals surface area contributed by atoms with Crippen LogP contribution in [0, 0.1) is 5.92 Å². The van der Waals surface area contributed by atoms with E-state index in [1.807, 2.05) is 45.0 Å². The zero-order chi connectivity index (χ0) is 18.4. The van der Waals surface area contributed by atoms with Crippen LogP contribution >= 0.6 is 0 Å². The highest BCUT2D eigenvalue weighted by Crippen LogP contribution is 2.16. The number of imidazole rings is 1. The molecule has 1 heterocycles. The number of hydrogen-bond donors (Lipinski definition) is 2. The molecule has 0 radical (unpaired) electrons. The molecule has 0 aliphatic heterocycles. The topological polar surface area (TPSA) is 85.2 Å². The van der Waals surface area contributed by atoms with E-state index in [1.54, 1.807) is 0 Å². The number of carbonyl (C=O) groups is 2. The molecule has 1 atom stereocenters. The zero-order valence-corrected chi connectivity index (χ0v) is 15.2. The van der Waals surface area contributed by atoms with Gasteiger partial charge in [-0.1, -0.05) is 26.0 Å². The second-order valence-corrected chi connectivity index (χ2v) is 6.30. The Hall–Kier alpha value is -2.57. The van der Waals surface area contributed by atoms with Crippen molar-refractivity contribution in [2.24, 2.45) is 5.92 Å². The van der Waals surface area contributed by atoms with Gasteiger partial charge in [-0.15, -0.1) is 0 Å². The molecule has 7 heteroatoms. The third-order valence-electron chi connectivity index (χ3n) is 3.97. The number of benzene rings is 1. The van der Waals surface area contributed by atoms with E-state index < -0.39 is 12.1 Å². The molecule has 2 aromatic rings. The van der Waals surface area contributed by atoms with Crippen molar-refractivity contribution in [1.29, 1.82) is 0 Å². The van der Waals surface area contributed by atoms with E-state index >= 15 is 0 Å². The van der Waals surface area contributed by atoms with E-state index in [9.17, 15) is 9.59 Å². The molecule has 0 bridgehead atoms. The number of methoxy groups -OCH3 is 1. The van der Waals surface area contributed by atoms with Gasteiger partial charge in [0, 0.05) is 6.54 Å². The first-order valence-electron chi connectivity index (χ1n) is 8.52. The number of ether oxygens (including phenoxy) is 1. The van der Waals surface area contributed by atoms with E-state index in [0.29, 0.717) is 13.0 Å². The first-order chi connectivity index (χ1) is 12.0. The maximum absolute atomic E-state index is 12.5. The Kier molecular flexibility index (Phi) is 6.38. The number of aryl methyl sites for hydroxylation is 1. The SMILES string of the molecule is CCn1c(CNC(=O)[C@H](CC(C)C)NC(=O)OC)nc2ccccc21. The van der Waals surface area contributed by atoms with Crippen LogP contribution in [0.3, 0.4) is 0 Å². The molecule has 1 aromatic carbocycles. The number of rotatable bonds is 7. The minimum Gasteiger partial charge on any atom is -0.453 e. The fraction of sp³-hybridized carbons (Fsp3) is 0.500. The lowest BCUT2D eigenvalue weighted by Crippen LogP contribution is -2.47. The Labute approximate surface area is 147 Å². The van der Waals surface area contributed by atoms with Crippen molar-refractivity contribution >= 4 is 23.0 Å². The maximum Gasteiger partial charge on any atom is 0.407 e. The van der Waals surface area contributed by atoms with E-state index in [2.05, 4.69) is 24.9 Å². The number of alkyl carbamates (subject to hydrolysis) is 1. The summed E-state index contributed by atoms with van der Waals surface area (Å²) in [7, 11) is 1.28. The predicted molar refractivity (Wildman–Crippen MR) is 96.0 cm³/mol. The molecule has 2 rings (SSSR count). The van der Waals surface area contributed by atoms with E-state index in [-0.39, 0.29) is 11.8 Å². The molecular weight excluding hydrogens is 320 g/mol. The molecule has 0 spiro atoms. The maximum atomic E-state index is 12.5. The van der Waals surface area contributed by atoms with Crippen molar-refractivity contribution in [3.05, 3.63) is 30.1 Å². The molecule has 136 valence electrons. The number of carbonyl (C=O) groups excluding carboxylic acids is 2. The Morgan fingerprint density at radius 2 is 2.00 bits per heavy atom. The Balaban J connectivity index is 2.10. The van der Waals surface area contributed by atoms with E-state index in [4.69, 9.17) is 0 Å². The largest absolute Gasteiger partial charge is 0.453 e. The fourth-order valence-corrected chi connectivity index (χ4v) is 2.81. The molecule has 0 fully saturated rings. The summed E-state index contributed by atoms with van der Waals surface area (Å²) >= 11 is 0. The van der Waals surface area contributed by atoms with Gasteiger partial charge in [0.25, 0.3) is 0 Å². The van der Waals surface area contributed by atoms with Crippen molar-refractivity contribution in [3.8, 4) is 0 Å². The van der Waals surface area contributed by atoms with Crippen molar-refractivity contribution in [1.82, 2.24) is 20.2 Å². The second-order valence-electron chi connectivity index (χ2n) is 6.30. The van der Waals surface area contributed by atoms with Crippen LogP contribution < -0.4 is 10.6 Å². The number of fused-ring (bicyclic) bond motifs is 1. The zero-order valence-electron chi connectivity index (χ0n) is 15.2. The Morgan fingerprint density at radius 1 is 1.28 bits per heavy atom.